The van der Waals surface area contributed by atoms with Gasteiger partial charge >= 0.3 is 5.69 Å². The van der Waals surface area contributed by atoms with Gasteiger partial charge in [-0.05, 0) is 24.6 Å². The Balaban J connectivity index is 1.79. The van der Waals surface area contributed by atoms with Crippen LogP contribution in [0.4, 0.5) is 10.2 Å². The number of rotatable bonds is 4. The highest BCUT2D eigenvalue weighted by Gasteiger charge is 2.42. The quantitative estimate of drug-likeness (QED) is 0.923. The lowest BCUT2D eigenvalue weighted by molar-refractivity contribution is -0.0235. The van der Waals surface area contributed by atoms with Crippen molar-refractivity contribution in [3.63, 3.8) is 0 Å². The summed E-state index contributed by atoms with van der Waals surface area (Å²) in [5.74, 6) is -1.11. The fraction of sp³-hybridized carbons (Fsp3) is 0.389. The van der Waals surface area contributed by atoms with Crippen LogP contribution >= 0.6 is 0 Å². The van der Waals surface area contributed by atoms with E-state index in [1.807, 2.05) is 0 Å². The van der Waals surface area contributed by atoms with Crippen molar-refractivity contribution in [3.05, 3.63) is 58.6 Å². The van der Waals surface area contributed by atoms with E-state index < -0.39 is 42.4 Å². The van der Waals surface area contributed by atoms with Gasteiger partial charge in [-0.15, -0.1) is 0 Å². The van der Waals surface area contributed by atoms with Crippen LogP contribution in [0.1, 0.15) is 39.5 Å². The van der Waals surface area contributed by atoms with Crippen LogP contribution < -0.4 is 11.0 Å². The van der Waals surface area contributed by atoms with E-state index in [9.17, 15) is 14.0 Å². The third-order valence-electron chi connectivity index (χ3n) is 4.20. The van der Waals surface area contributed by atoms with E-state index in [-0.39, 0.29) is 5.82 Å². The minimum Gasteiger partial charge on any atom is -0.351 e. The Kier molecular flexibility index (Phi) is 4.22. The smallest absolute Gasteiger partial charge is 0.351 e. The Morgan fingerprint density at radius 3 is 2.72 bits per heavy atom. The fourth-order valence-electron chi connectivity index (χ4n) is 2.78. The molecule has 6 nitrogen and oxygen atoms in total. The molecule has 0 bridgehead atoms. The Hall–Kier alpha value is -2.54. The number of nitrogens with zero attached hydrogens (tertiary/aromatic N) is 2. The number of anilines is 1. The third kappa shape index (κ3) is 3.46. The van der Waals surface area contributed by atoms with Crippen LogP contribution in [0.2, 0.25) is 0 Å². The molecule has 1 aliphatic heterocycles. The largest absolute Gasteiger partial charge is 0.351 e. The molecule has 0 radical (unpaired) electrons. The number of carbonyl (C=O) groups is 1. The standard InChI is InChI=1S/C18H20FN3O3/c1-3-13-11(2)15(19)17(25-13)22-10-9-14(21-18(22)24)20-16(23)12-7-5-4-6-8-12/h4-11,13,15,17H,3H2,1-2H3,(H,20,21,23,24)/t11-,13-,15-,17-/m1/s1/i3D2. The van der Waals surface area contributed by atoms with Crippen LogP contribution in [-0.4, -0.2) is 27.7 Å². The van der Waals surface area contributed by atoms with Crippen LogP contribution in [-0.2, 0) is 4.74 Å². The first-order chi connectivity index (χ1) is 12.7. The highest BCUT2D eigenvalue weighted by Crippen LogP contribution is 2.36. The summed E-state index contributed by atoms with van der Waals surface area (Å²) in [5, 5.41) is 2.51. The molecule has 1 amide bonds. The summed E-state index contributed by atoms with van der Waals surface area (Å²) in [7, 11) is 0. The first kappa shape index (κ1) is 14.8. The van der Waals surface area contributed by atoms with Crippen molar-refractivity contribution in [1.82, 2.24) is 9.55 Å². The van der Waals surface area contributed by atoms with Crippen molar-refractivity contribution in [2.75, 3.05) is 5.32 Å². The molecule has 132 valence electrons. The van der Waals surface area contributed by atoms with Crippen molar-refractivity contribution in [2.24, 2.45) is 5.92 Å². The molecule has 1 aliphatic rings. The van der Waals surface area contributed by atoms with Crippen LogP contribution in [0.3, 0.4) is 0 Å². The van der Waals surface area contributed by atoms with Gasteiger partial charge in [0.2, 0.25) is 0 Å². The summed E-state index contributed by atoms with van der Waals surface area (Å²) in [6.07, 6.45) is -4.28. The molecule has 0 aliphatic carbocycles. The van der Waals surface area contributed by atoms with E-state index in [4.69, 9.17) is 7.48 Å². The molecular formula is C18H20FN3O3. The van der Waals surface area contributed by atoms with Gasteiger partial charge in [0.15, 0.2) is 12.4 Å². The average molecular weight is 347 g/mol. The maximum Gasteiger partial charge on any atom is 0.351 e. The molecule has 1 saturated heterocycles. The molecule has 0 saturated carbocycles. The summed E-state index contributed by atoms with van der Waals surface area (Å²) >= 11 is 0. The van der Waals surface area contributed by atoms with Gasteiger partial charge in [0.25, 0.3) is 5.91 Å². The second-order valence-corrected chi connectivity index (χ2v) is 5.86. The van der Waals surface area contributed by atoms with Crippen molar-refractivity contribution in [3.8, 4) is 0 Å². The molecular weight excluding hydrogens is 325 g/mol. The summed E-state index contributed by atoms with van der Waals surface area (Å²) in [6.45, 7) is 2.86. The van der Waals surface area contributed by atoms with Crippen molar-refractivity contribution >= 4 is 11.7 Å². The topological polar surface area (TPSA) is 73.2 Å². The number of amides is 1. The van der Waals surface area contributed by atoms with E-state index in [2.05, 4.69) is 10.3 Å². The molecule has 4 atom stereocenters. The lowest BCUT2D eigenvalue weighted by Gasteiger charge is -2.16. The first-order valence-corrected chi connectivity index (χ1v) is 7.93. The second kappa shape index (κ2) is 7.14. The Morgan fingerprint density at radius 2 is 2.12 bits per heavy atom. The summed E-state index contributed by atoms with van der Waals surface area (Å²) in [4.78, 5) is 28.2. The van der Waals surface area contributed by atoms with Crippen LogP contribution in [0.15, 0.2) is 47.4 Å². The second-order valence-electron chi connectivity index (χ2n) is 5.86. The number of nitrogens with one attached hydrogen (secondary N) is 1. The van der Waals surface area contributed by atoms with E-state index >= 15 is 0 Å². The molecule has 0 unspecified atom stereocenters. The van der Waals surface area contributed by atoms with E-state index in [0.29, 0.717) is 5.56 Å². The predicted molar refractivity (Wildman–Crippen MR) is 91.2 cm³/mol. The van der Waals surface area contributed by atoms with Gasteiger partial charge in [-0.25, -0.2) is 9.18 Å². The number of alkyl halides is 1. The number of ether oxygens (including phenoxy) is 1. The first-order valence-electron chi connectivity index (χ1n) is 8.93. The summed E-state index contributed by atoms with van der Waals surface area (Å²) in [5.41, 5.74) is -0.383. The van der Waals surface area contributed by atoms with E-state index in [0.717, 1.165) is 4.57 Å². The number of hydrogen-bond acceptors (Lipinski definition) is 4. The normalized spacial score (nSPS) is 27.5. The number of aromatic nitrogens is 2. The lowest BCUT2D eigenvalue weighted by Crippen LogP contribution is -2.31. The van der Waals surface area contributed by atoms with Gasteiger partial charge in [-0.1, -0.05) is 32.0 Å². The third-order valence-corrected chi connectivity index (χ3v) is 4.20. The SMILES string of the molecule is [2H]C([2H])(C)[C@H]1O[C@@H](n2ccc(NC(=O)c3ccccc3)nc2=O)[C@H](F)[C@@H]1C. The van der Waals surface area contributed by atoms with Crippen LogP contribution in [0, 0.1) is 5.92 Å². The summed E-state index contributed by atoms with van der Waals surface area (Å²) < 4.78 is 36.6. The Bertz CT molecular complexity index is 885. The van der Waals surface area contributed by atoms with E-state index in [1.54, 1.807) is 37.3 Å². The molecule has 1 N–H and O–H groups in total. The number of halogens is 1. The summed E-state index contributed by atoms with van der Waals surface area (Å²) in [6, 6.07) is 9.81. The van der Waals surface area contributed by atoms with Crippen molar-refractivity contribution in [1.29, 1.82) is 0 Å². The molecule has 2 aromatic rings. The highest BCUT2D eigenvalue weighted by atomic mass is 19.1. The molecule has 2 heterocycles. The number of benzene rings is 1. The number of hydrogen-bond donors (Lipinski definition) is 1. The molecule has 0 spiro atoms. The van der Waals surface area contributed by atoms with Gasteiger partial charge in [0, 0.05) is 20.4 Å². The van der Waals surface area contributed by atoms with Gasteiger partial charge in [0.05, 0.1) is 6.10 Å². The van der Waals surface area contributed by atoms with Crippen molar-refractivity contribution < 1.29 is 16.7 Å². The predicted octanol–water partition coefficient (Wildman–Crippen LogP) is 2.78. The Morgan fingerprint density at radius 1 is 1.40 bits per heavy atom. The lowest BCUT2D eigenvalue weighted by atomic mass is 10.00. The minimum atomic E-state index is -1.75. The molecule has 7 heteroatoms. The molecule has 1 aromatic heterocycles. The van der Waals surface area contributed by atoms with Crippen LogP contribution in [0.5, 0.6) is 0 Å². The van der Waals surface area contributed by atoms with Crippen molar-refractivity contribution in [2.45, 2.75) is 38.7 Å². The fourth-order valence-corrected chi connectivity index (χ4v) is 2.78. The zero-order valence-electron chi connectivity index (χ0n) is 15.8. The molecule has 1 fully saturated rings. The zero-order valence-corrected chi connectivity index (χ0v) is 13.8. The maximum atomic E-state index is 14.6. The average Bonchev–Trinajstić information content (AvgIpc) is 2.91. The minimum absolute atomic E-state index is 0.0360. The highest BCUT2D eigenvalue weighted by molar-refractivity contribution is 6.03. The molecule has 1 aromatic carbocycles. The van der Waals surface area contributed by atoms with Crippen LogP contribution in [0.25, 0.3) is 0 Å². The van der Waals surface area contributed by atoms with Gasteiger partial charge in [-0.2, -0.15) is 4.98 Å². The van der Waals surface area contributed by atoms with Gasteiger partial charge in [0.1, 0.15) is 5.82 Å². The number of carbonyl (C=O) groups excluding carboxylic acids is 1. The van der Waals surface area contributed by atoms with Gasteiger partial charge < -0.3 is 10.1 Å². The Labute approximate surface area is 147 Å². The zero-order chi connectivity index (χ0) is 19.8. The van der Waals surface area contributed by atoms with Gasteiger partial charge in [-0.3, -0.25) is 9.36 Å². The molecule has 25 heavy (non-hydrogen) atoms. The van der Waals surface area contributed by atoms with E-state index in [1.165, 1.54) is 19.2 Å². The maximum absolute atomic E-state index is 14.6. The monoisotopic (exact) mass is 347 g/mol. The molecule has 3 rings (SSSR count).